The average Bonchev–Trinajstić information content (AvgIpc) is 2.79. The van der Waals surface area contributed by atoms with Crippen LogP contribution in [0.2, 0.25) is 0 Å². The van der Waals surface area contributed by atoms with Gasteiger partial charge in [-0.15, -0.1) is 0 Å². The second-order valence-electron chi connectivity index (χ2n) is 5.33. The molecule has 1 N–H and O–H groups in total. The summed E-state index contributed by atoms with van der Waals surface area (Å²) in [5, 5.41) is 3.22. The van der Waals surface area contributed by atoms with E-state index < -0.39 is 19.7 Å². The highest BCUT2D eigenvalue weighted by molar-refractivity contribution is 7.91. The second-order valence-corrected chi connectivity index (χ2v) is 9.33. The van der Waals surface area contributed by atoms with Crippen LogP contribution in [0.5, 0.6) is 0 Å². The van der Waals surface area contributed by atoms with E-state index in [9.17, 15) is 16.8 Å². The first kappa shape index (κ1) is 15.3. The predicted molar refractivity (Wildman–Crippen MR) is 78.5 cm³/mol. The number of anilines is 1. The average molecular weight is 317 g/mol. The maximum absolute atomic E-state index is 11.9. The number of nitrogens with one attached hydrogen (secondary N) is 1. The van der Waals surface area contributed by atoms with Gasteiger partial charge in [-0.05, 0) is 31.0 Å². The molecule has 0 aliphatic heterocycles. The summed E-state index contributed by atoms with van der Waals surface area (Å²) in [4.78, 5) is 0.0715. The molecule has 0 atom stereocenters. The summed E-state index contributed by atoms with van der Waals surface area (Å²) in [6.45, 7) is 0. The Morgan fingerprint density at radius 2 is 1.60 bits per heavy atom. The molecule has 1 aromatic carbocycles. The lowest BCUT2D eigenvalue weighted by atomic mass is 10.2. The molecule has 7 heteroatoms. The highest BCUT2D eigenvalue weighted by Gasteiger charge is 2.21. The third-order valence-corrected chi connectivity index (χ3v) is 5.74. The van der Waals surface area contributed by atoms with E-state index in [1.54, 1.807) is 6.07 Å². The van der Waals surface area contributed by atoms with E-state index >= 15 is 0 Å². The van der Waals surface area contributed by atoms with Crippen LogP contribution in [0.4, 0.5) is 5.69 Å². The highest BCUT2D eigenvalue weighted by atomic mass is 32.2. The molecule has 20 heavy (non-hydrogen) atoms. The van der Waals surface area contributed by atoms with E-state index in [-0.39, 0.29) is 15.8 Å². The summed E-state index contributed by atoms with van der Waals surface area (Å²) in [6.07, 6.45) is 6.45. The van der Waals surface area contributed by atoms with Gasteiger partial charge in [0.25, 0.3) is 0 Å². The van der Waals surface area contributed by atoms with Crippen molar-refractivity contribution in [2.75, 3.05) is 17.8 Å². The normalized spacial score (nSPS) is 17.3. The van der Waals surface area contributed by atoms with Crippen LogP contribution < -0.4 is 5.32 Å². The van der Waals surface area contributed by atoms with Crippen molar-refractivity contribution < 1.29 is 16.8 Å². The molecule has 0 unspecified atom stereocenters. The Hall–Kier alpha value is -1.08. The van der Waals surface area contributed by atoms with Gasteiger partial charge in [-0.25, -0.2) is 16.8 Å². The minimum absolute atomic E-state index is 0.0231. The number of benzene rings is 1. The van der Waals surface area contributed by atoms with Gasteiger partial charge in [0.05, 0.1) is 15.5 Å². The van der Waals surface area contributed by atoms with Crippen LogP contribution in [0.3, 0.4) is 0 Å². The van der Waals surface area contributed by atoms with Gasteiger partial charge in [0.2, 0.25) is 0 Å². The van der Waals surface area contributed by atoms with Gasteiger partial charge in [0.1, 0.15) is 0 Å². The maximum Gasteiger partial charge on any atom is 0.177 e. The van der Waals surface area contributed by atoms with Gasteiger partial charge in [-0.3, -0.25) is 0 Å². The van der Waals surface area contributed by atoms with Crippen molar-refractivity contribution in [2.45, 2.75) is 41.5 Å². The molecule has 1 fully saturated rings. The van der Waals surface area contributed by atoms with Crippen molar-refractivity contribution in [3.8, 4) is 0 Å². The van der Waals surface area contributed by atoms with Crippen molar-refractivity contribution in [1.82, 2.24) is 0 Å². The fourth-order valence-corrected chi connectivity index (χ4v) is 4.04. The Morgan fingerprint density at radius 1 is 1.00 bits per heavy atom. The molecule has 112 valence electrons. The molecular weight excluding hydrogens is 298 g/mol. The molecule has 1 aliphatic carbocycles. The molecular formula is C13H19NO4S2. The minimum Gasteiger partial charge on any atom is -0.381 e. The maximum atomic E-state index is 11.9. The van der Waals surface area contributed by atoms with Crippen molar-refractivity contribution in [3.05, 3.63) is 18.2 Å². The fraction of sp³-hybridized carbons (Fsp3) is 0.538. The predicted octanol–water partition coefficient (Wildman–Crippen LogP) is 1.85. The molecule has 1 saturated carbocycles. The van der Waals surface area contributed by atoms with E-state index in [0.29, 0.717) is 5.69 Å². The first-order valence-electron chi connectivity index (χ1n) is 6.48. The van der Waals surface area contributed by atoms with Crippen molar-refractivity contribution in [3.63, 3.8) is 0 Å². The second kappa shape index (κ2) is 5.37. The summed E-state index contributed by atoms with van der Waals surface area (Å²) in [6, 6.07) is 4.49. The van der Waals surface area contributed by atoms with Crippen molar-refractivity contribution >= 4 is 25.4 Å². The smallest absolute Gasteiger partial charge is 0.177 e. The van der Waals surface area contributed by atoms with Crippen LogP contribution >= 0.6 is 0 Å². The van der Waals surface area contributed by atoms with Crippen molar-refractivity contribution in [2.24, 2.45) is 0 Å². The monoisotopic (exact) mass is 317 g/mol. The molecule has 0 aromatic heterocycles. The molecule has 1 aliphatic rings. The van der Waals surface area contributed by atoms with E-state index in [2.05, 4.69) is 5.32 Å². The summed E-state index contributed by atoms with van der Waals surface area (Å²) in [7, 11) is -6.91. The zero-order chi connectivity index (χ0) is 15.0. The van der Waals surface area contributed by atoms with Crippen LogP contribution in [-0.4, -0.2) is 35.4 Å². The molecule has 2 rings (SSSR count). The molecule has 0 heterocycles. The third-order valence-electron chi connectivity index (χ3n) is 3.50. The quantitative estimate of drug-likeness (QED) is 0.916. The summed E-state index contributed by atoms with van der Waals surface area (Å²) >= 11 is 0. The molecule has 5 nitrogen and oxygen atoms in total. The molecule has 0 spiro atoms. The number of rotatable bonds is 4. The number of sulfone groups is 2. The minimum atomic E-state index is -3.48. The zero-order valence-corrected chi connectivity index (χ0v) is 13.2. The van der Waals surface area contributed by atoms with Crippen LogP contribution in [0, 0.1) is 0 Å². The van der Waals surface area contributed by atoms with E-state index in [1.165, 1.54) is 12.1 Å². The lowest BCUT2D eigenvalue weighted by molar-refractivity contribution is 0.600. The van der Waals surface area contributed by atoms with Gasteiger partial charge in [0.15, 0.2) is 19.7 Å². The fourth-order valence-electron chi connectivity index (χ4n) is 2.45. The Labute approximate surface area is 120 Å². The highest BCUT2D eigenvalue weighted by Crippen LogP contribution is 2.29. The van der Waals surface area contributed by atoms with Crippen LogP contribution in [-0.2, 0) is 19.7 Å². The van der Waals surface area contributed by atoms with Gasteiger partial charge >= 0.3 is 0 Å². The summed E-state index contributed by atoms with van der Waals surface area (Å²) in [5.74, 6) is 0. The summed E-state index contributed by atoms with van der Waals surface area (Å²) in [5.41, 5.74) is 0.492. The number of hydrogen-bond acceptors (Lipinski definition) is 5. The third kappa shape index (κ3) is 3.52. The molecule has 0 saturated heterocycles. The Balaban J connectivity index is 2.46. The lowest BCUT2D eigenvalue weighted by Gasteiger charge is -2.17. The molecule has 1 aromatic rings. The first-order chi connectivity index (χ1) is 9.18. The first-order valence-corrected chi connectivity index (χ1v) is 10.3. The topological polar surface area (TPSA) is 80.3 Å². The largest absolute Gasteiger partial charge is 0.381 e. The van der Waals surface area contributed by atoms with Gasteiger partial charge in [-0.1, -0.05) is 12.8 Å². The van der Waals surface area contributed by atoms with Gasteiger partial charge < -0.3 is 5.32 Å². The van der Waals surface area contributed by atoms with E-state index in [1.807, 2.05) is 0 Å². The SMILES string of the molecule is CS(=O)(=O)c1ccc(NC2CCCC2)c(S(C)(=O)=O)c1. The summed E-state index contributed by atoms with van der Waals surface area (Å²) < 4.78 is 46.8. The van der Waals surface area contributed by atoms with Crippen LogP contribution in [0.1, 0.15) is 25.7 Å². The van der Waals surface area contributed by atoms with Crippen LogP contribution in [0.25, 0.3) is 0 Å². The van der Waals surface area contributed by atoms with Crippen molar-refractivity contribution in [1.29, 1.82) is 0 Å². The van der Waals surface area contributed by atoms with Crippen LogP contribution in [0.15, 0.2) is 28.0 Å². The van der Waals surface area contributed by atoms with Gasteiger partial charge in [0, 0.05) is 18.6 Å². The van der Waals surface area contributed by atoms with Gasteiger partial charge in [-0.2, -0.15) is 0 Å². The molecule has 0 radical (unpaired) electrons. The van der Waals surface area contributed by atoms with E-state index in [0.717, 1.165) is 38.2 Å². The Bertz CT molecular complexity index is 702. The molecule has 0 bridgehead atoms. The van der Waals surface area contributed by atoms with E-state index in [4.69, 9.17) is 0 Å². The lowest BCUT2D eigenvalue weighted by Crippen LogP contribution is -2.17. The zero-order valence-electron chi connectivity index (χ0n) is 11.6. The standard InChI is InChI=1S/C13H19NO4S2/c1-19(15,16)11-7-8-12(13(9-11)20(2,17)18)14-10-5-3-4-6-10/h7-10,14H,3-6H2,1-2H3. The Morgan fingerprint density at radius 3 is 2.10 bits per heavy atom. The molecule has 0 amide bonds. The Kier molecular flexibility index (Phi) is 4.11. The number of hydrogen-bond donors (Lipinski definition) is 1.